The normalized spacial score (nSPS) is 10.7. The summed E-state index contributed by atoms with van der Waals surface area (Å²) in [6.07, 6.45) is 1.46. The Hall–Kier alpha value is -3.45. The Morgan fingerprint density at radius 1 is 1.07 bits per heavy atom. The molecular formula is C19H15ClN6O. The standard InChI is InChI=1S/C19H15ClN6O/c1-12-2-6-14(7-3-12)23-16-10-17(27)26(15-8-4-13(20)5-9-15)25-18(16)19-21-11-22-24-19/h2-11,23H,1H3,(H,21,22,24). The lowest BCUT2D eigenvalue weighted by Gasteiger charge is -2.12. The molecular weight excluding hydrogens is 364 g/mol. The van der Waals surface area contributed by atoms with E-state index >= 15 is 0 Å². The van der Waals surface area contributed by atoms with Crippen LogP contribution in [0.5, 0.6) is 0 Å². The molecule has 0 bridgehead atoms. The Kier molecular flexibility index (Phi) is 4.43. The summed E-state index contributed by atoms with van der Waals surface area (Å²) in [7, 11) is 0. The molecule has 8 heteroatoms. The number of rotatable bonds is 4. The van der Waals surface area contributed by atoms with Crippen LogP contribution in [0.2, 0.25) is 5.02 Å². The predicted octanol–water partition coefficient (Wildman–Crippen LogP) is 3.72. The third-order valence-electron chi connectivity index (χ3n) is 3.96. The van der Waals surface area contributed by atoms with Crippen LogP contribution < -0.4 is 10.9 Å². The number of aryl methyl sites for hydroxylation is 1. The summed E-state index contributed by atoms with van der Waals surface area (Å²) in [5.41, 5.74) is 3.27. The van der Waals surface area contributed by atoms with Gasteiger partial charge < -0.3 is 5.32 Å². The molecule has 0 radical (unpaired) electrons. The summed E-state index contributed by atoms with van der Waals surface area (Å²) in [4.78, 5) is 16.8. The highest BCUT2D eigenvalue weighted by Crippen LogP contribution is 2.25. The fourth-order valence-corrected chi connectivity index (χ4v) is 2.73. The van der Waals surface area contributed by atoms with Gasteiger partial charge in [-0.3, -0.25) is 9.89 Å². The van der Waals surface area contributed by atoms with Crippen molar-refractivity contribution in [1.82, 2.24) is 25.0 Å². The van der Waals surface area contributed by atoms with Crippen molar-refractivity contribution < 1.29 is 0 Å². The van der Waals surface area contributed by atoms with E-state index in [1.165, 1.54) is 17.1 Å². The second-order valence-electron chi connectivity index (χ2n) is 5.95. The average Bonchev–Trinajstić information content (AvgIpc) is 3.19. The first-order chi connectivity index (χ1) is 13.1. The van der Waals surface area contributed by atoms with Crippen molar-refractivity contribution in [1.29, 1.82) is 0 Å². The number of hydrogen-bond acceptors (Lipinski definition) is 5. The Morgan fingerprint density at radius 2 is 1.81 bits per heavy atom. The summed E-state index contributed by atoms with van der Waals surface area (Å²) in [6, 6.07) is 16.2. The van der Waals surface area contributed by atoms with E-state index in [-0.39, 0.29) is 5.56 Å². The molecule has 0 saturated carbocycles. The Balaban J connectivity index is 1.83. The van der Waals surface area contributed by atoms with Crippen molar-refractivity contribution >= 4 is 23.0 Å². The number of hydrogen-bond donors (Lipinski definition) is 2. The van der Waals surface area contributed by atoms with E-state index in [0.29, 0.717) is 27.9 Å². The van der Waals surface area contributed by atoms with Crippen molar-refractivity contribution in [3.63, 3.8) is 0 Å². The van der Waals surface area contributed by atoms with Crippen LogP contribution in [0.1, 0.15) is 5.56 Å². The van der Waals surface area contributed by atoms with Crippen molar-refractivity contribution in [2.75, 3.05) is 5.32 Å². The van der Waals surface area contributed by atoms with Gasteiger partial charge in [-0.05, 0) is 43.3 Å². The number of benzene rings is 2. The third-order valence-corrected chi connectivity index (χ3v) is 4.21. The van der Waals surface area contributed by atoms with Gasteiger partial charge in [-0.25, -0.2) is 4.98 Å². The molecule has 2 heterocycles. The fourth-order valence-electron chi connectivity index (χ4n) is 2.60. The molecule has 0 aliphatic rings. The molecule has 2 N–H and O–H groups in total. The maximum atomic E-state index is 12.7. The third kappa shape index (κ3) is 3.58. The summed E-state index contributed by atoms with van der Waals surface area (Å²) in [6.45, 7) is 2.01. The summed E-state index contributed by atoms with van der Waals surface area (Å²) in [5, 5.41) is 15.1. The van der Waals surface area contributed by atoms with Gasteiger partial charge in [-0.15, -0.1) is 0 Å². The van der Waals surface area contributed by atoms with E-state index in [0.717, 1.165) is 11.3 Å². The Morgan fingerprint density at radius 3 is 2.48 bits per heavy atom. The van der Waals surface area contributed by atoms with Crippen LogP contribution >= 0.6 is 11.6 Å². The van der Waals surface area contributed by atoms with Crippen molar-refractivity contribution in [3.8, 4) is 17.2 Å². The lowest BCUT2D eigenvalue weighted by atomic mass is 10.2. The van der Waals surface area contributed by atoms with Crippen LogP contribution in [0.3, 0.4) is 0 Å². The highest BCUT2D eigenvalue weighted by atomic mass is 35.5. The number of halogens is 1. The lowest BCUT2D eigenvalue weighted by Crippen LogP contribution is -2.22. The predicted molar refractivity (Wildman–Crippen MR) is 105 cm³/mol. The monoisotopic (exact) mass is 378 g/mol. The van der Waals surface area contributed by atoms with Gasteiger partial charge in [0.25, 0.3) is 5.56 Å². The topological polar surface area (TPSA) is 88.5 Å². The largest absolute Gasteiger partial charge is 0.353 e. The molecule has 2 aromatic carbocycles. The van der Waals surface area contributed by atoms with Gasteiger partial charge in [0.2, 0.25) is 5.82 Å². The zero-order valence-corrected chi connectivity index (χ0v) is 15.1. The van der Waals surface area contributed by atoms with E-state index in [1.54, 1.807) is 24.3 Å². The molecule has 134 valence electrons. The second-order valence-corrected chi connectivity index (χ2v) is 6.38. The van der Waals surface area contributed by atoms with Gasteiger partial charge >= 0.3 is 0 Å². The van der Waals surface area contributed by atoms with E-state index in [1.807, 2.05) is 31.2 Å². The lowest BCUT2D eigenvalue weighted by molar-refractivity contribution is 0.809. The number of nitrogens with zero attached hydrogens (tertiary/aromatic N) is 4. The molecule has 7 nitrogen and oxygen atoms in total. The molecule has 4 aromatic rings. The summed E-state index contributed by atoms with van der Waals surface area (Å²) >= 11 is 5.94. The van der Waals surface area contributed by atoms with Crippen LogP contribution in [-0.2, 0) is 0 Å². The van der Waals surface area contributed by atoms with Gasteiger partial charge in [0, 0.05) is 16.8 Å². The summed E-state index contributed by atoms with van der Waals surface area (Å²) < 4.78 is 1.29. The van der Waals surface area contributed by atoms with Crippen molar-refractivity contribution in [2.24, 2.45) is 0 Å². The number of aromatic nitrogens is 5. The minimum atomic E-state index is -0.286. The molecule has 4 rings (SSSR count). The first kappa shape index (κ1) is 17.0. The quantitative estimate of drug-likeness (QED) is 0.565. The number of nitrogens with one attached hydrogen (secondary N) is 2. The zero-order valence-electron chi connectivity index (χ0n) is 14.3. The van der Waals surface area contributed by atoms with Crippen LogP contribution in [0, 0.1) is 6.92 Å². The highest BCUT2D eigenvalue weighted by molar-refractivity contribution is 6.30. The summed E-state index contributed by atoms with van der Waals surface area (Å²) in [5.74, 6) is 0.382. The van der Waals surface area contributed by atoms with Gasteiger partial charge in [-0.2, -0.15) is 14.9 Å². The molecule has 0 spiro atoms. The number of H-pyrrole nitrogens is 1. The molecule has 0 atom stereocenters. The maximum absolute atomic E-state index is 12.7. The maximum Gasteiger partial charge on any atom is 0.273 e. The molecule has 0 aliphatic heterocycles. The molecule has 0 amide bonds. The van der Waals surface area contributed by atoms with E-state index < -0.39 is 0 Å². The van der Waals surface area contributed by atoms with E-state index in [4.69, 9.17) is 11.6 Å². The molecule has 27 heavy (non-hydrogen) atoms. The van der Waals surface area contributed by atoms with Crippen LogP contribution in [0.15, 0.2) is 65.7 Å². The van der Waals surface area contributed by atoms with Gasteiger partial charge in [0.05, 0.1) is 11.4 Å². The second kappa shape index (κ2) is 7.05. The van der Waals surface area contributed by atoms with Crippen LogP contribution in [0.4, 0.5) is 11.4 Å². The van der Waals surface area contributed by atoms with Crippen LogP contribution in [-0.4, -0.2) is 25.0 Å². The fraction of sp³-hybridized carbons (Fsp3) is 0.0526. The SMILES string of the molecule is Cc1ccc(Nc2cc(=O)n(-c3ccc(Cl)cc3)nc2-c2nc[nH]n2)cc1. The Labute approximate surface area is 159 Å². The van der Waals surface area contributed by atoms with Gasteiger partial charge in [0.15, 0.2) is 5.69 Å². The Bertz CT molecular complexity index is 1120. The van der Waals surface area contributed by atoms with Crippen molar-refractivity contribution in [2.45, 2.75) is 6.92 Å². The van der Waals surface area contributed by atoms with Gasteiger partial charge in [-0.1, -0.05) is 29.3 Å². The molecule has 0 unspecified atom stereocenters. The minimum absolute atomic E-state index is 0.286. The number of anilines is 2. The zero-order chi connectivity index (χ0) is 18.8. The first-order valence-corrected chi connectivity index (χ1v) is 8.58. The molecule has 0 aliphatic carbocycles. The number of aromatic amines is 1. The molecule has 2 aromatic heterocycles. The van der Waals surface area contributed by atoms with Crippen molar-refractivity contribution in [3.05, 3.63) is 81.9 Å². The molecule has 0 fully saturated rings. The van der Waals surface area contributed by atoms with Crippen LogP contribution in [0.25, 0.3) is 17.2 Å². The van der Waals surface area contributed by atoms with E-state index in [2.05, 4.69) is 25.6 Å². The average molecular weight is 379 g/mol. The molecule has 0 saturated heterocycles. The van der Waals surface area contributed by atoms with E-state index in [9.17, 15) is 4.79 Å². The van der Waals surface area contributed by atoms with Gasteiger partial charge in [0.1, 0.15) is 6.33 Å². The first-order valence-electron chi connectivity index (χ1n) is 8.20. The smallest absolute Gasteiger partial charge is 0.273 e. The highest BCUT2D eigenvalue weighted by Gasteiger charge is 2.15. The minimum Gasteiger partial charge on any atom is -0.353 e.